The summed E-state index contributed by atoms with van der Waals surface area (Å²) in [6, 6.07) is 0.265. The van der Waals surface area contributed by atoms with Crippen LogP contribution in [0.3, 0.4) is 0 Å². The lowest BCUT2D eigenvalue weighted by atomic mass is 9.53. The Morgan fingerprint density at radius 3 is 2.00 bits per heavy atom. The summed E-state index contributed by atoms with van der Waals surface area (Å²) in [5.74, 6) is 3.48. The molecule has 1 amide bonds. The van der Waals surface area contributed by atoms with Crippen molar-refractivity contribution >= 4 is 5.91 Å². The second-order valence-corrected chi connectivity index (χ2v) is 8.15. The summed E-state index contributed by atoms with van der Waals surface area (Å²) in [6.07, 6.45) is 8.30. The van der Waals surface area contributed by atoms with Crippen molar-refractivity contribution < 1.29 is 4.79 Å². The van der Waals surface area contributed by atoms with Gasteiger partial charge in [-0.05, 0) is 69.1 Å². The highest BCUT2D eigenvalue weighted by Gasteiger charge is 2.50. The Hall–Kier alpha value is -0.570. The molecule has 0 heterocycles. The Morgan fingerprint density at radius 2 is 1.55 bits per heavy atom. The fourth-order valence-corrected chi connectivity index (χ4v) is 5.07. The maximum Gasteiger partial charge on any atom is 0.234 e. The van der Waals surface area contributed by atoms with Crippen LogP contribution in [0.2, 0.25) is 0 Å². The third-order valence-corrected chi connectivity index (χ3v) is 6.05. The van der Waals surface area contributed by atoms with Crippen molar-refractivity contribution in [1.29, 1.82) is 0 Å². The zero-order chi connectivity index (χ0) is 14.3. The first-order valence-corrected chi connectivity index (χ1v) is 8.50. The van der Waals surface area contributed by atoms with Gasteiger partial charge in [-0.1, -0.05) is 13.8 Å². The molecule has 4 aliphatic rings. The largest absolute Gasteiger partial charge is 0.352 e. The lowest BCUT2D eigenvalue weighted by molar-refractivity contribution is -0.122. The standard InChI is InChI=1S/C17H30N2O/c1-11(2)12(3)19-16(20)10-18-17-7-13-4-14(8-17)6-15(5-13)9-17/h11-15,18H,4-10H2,1-3H3,(H,19,20). The summed E-state index contributed by atoms with van der Waals surface area (Å²) in [6.45, 7) is 6.89. The Labute approximate surface area is 123 Å². The summed E-state index contributed by atoms with van der Waals surface area (Å²) in [4.78, 5) is 12.1. The molecule has 114 valence electrons. The summed E-state index contributed by atoms with van der Waals surface area (Å²) in [7, 11) is 0. The Kier molecular flexibility index (Phi) is 3.83. The molecule has 4 aliphatic carbocycles. The van der Waals surface area contributed by atoms with E-state index in [9.17, 15) is 4.79 Å². The zero-order valence-corrected chi connectivity index (χ0v) is 13.2. The Morgan fingerprint density at radius 1 is 1.05 bits per heavy atom. The highest BCUT2D eigenvalue weighted by molar-refractivity contribution is 5.78. The van der Waals surface area contributed by atoms with E-state index in [0.717, 1.165) is 17.8 Å². The van der Waals surface area contributed by atoms with E-state index in [-0.39, 0.29) is 11.9 Å². The molecule has 4 saturated carbocycles. The van der Waals surface area contributed by atoms with E-state index in [2.05, 4.69) is 31.4 Å². The number of rotatable bonds is 5. The van der Waals surface area contributed by atoms with E-state index < -0.39 is 0 Å². The minimum atomic E-state index is 0.168. The fraction of sp³-hybridized carbons (Fsp3) is 0.941. The molecule has 0 spiro atoms. The first-order valence-electron chi connectivity index (χ1n) is 8.50. The minimum Gasteiger partial charge on any atom is -0.352 e. The van der Waals surface area contributed by atoms with Crippen LogP contribution in [0.15, 0.2) is 0 Å². The summed E-state index contributed by atoms with van der Waals surface area (Å²) < 4.78 is 0. The molecule has 3 heteroatoms. The molecule has 0 radical (unpaired) electrons. The second kappa shape index (κ2) is 5.32. The van der Waals surface area contributed by atoms with Crippen molar-refractivity contribution in [2.45, 2.75) is 70.9 Å². The number of amides is 1. The predicted molar refractivity (Wildman–Crippen MR) is 81.3 cm³/mol. The van der Waals surface area contributed by atoms with Crippen LogP contribution in [0, 0.1) is 23.7 Å². The van der Waals surface area contributed by atoms with E-state index in [4.69, 9.17) is 0 Å². The Balaban J connectivity index is 1.52. The molecule has 4 rings (SSSR count). The van der Waals surface area contributed by atoms with Crippen molar-refractivity contribution in [2.24, 2.45) is 23.7 Å². The van der Waals surface area contributed by atoms with E-state index >= 15 is 0 Å². The maximum atomic E-state index is 12.1. The van der Waals surface area contributed by atoms with Gasteiger partial charge in [0.2, 0.25) is 5.91 Å². The molecule has 0 aromatic heterocycles. The molecular formula is C17H30N2O. The van der Waals surface area contributed by atoms with Crippen molar-refractivity contribution in [1.82, 2.24) is 10.6 Å². The number of nitrogens with one attached hydrogen (secondary N) is 2. The molecule has 0 aromatic rings. The lowest BCUT2D eigenvalue weighted by Crippen LogP contribution is -2.60. The molecule has 1 atom stereocenters. The summed E-state index contributed by atoms with van der Waals surface area (Å²) >= 11 is 0. The maximum absolute atomic E-state index is 12.1. The number of carbonyl (C=O) groups excluding carboxylic acids is 1. The third-order valence-electron chi connectivity index (χ3n) is 6.05. The van der Waals surface area contributed by atoms with Crippen molar-refractivity contribution in [3.05, 3.63) is 0 Å². The topological polar surface area (TPSA) is 41.1 Å². The van der Waals surface area contributed by atoms with E-state index in [1.807, 2.05) is 0 Å². The van der Waals surface area contributed by atoms with Gasteiger partial charge in [-0.25, -0.2) is 0 Å². The summed E-state index contributed by atoms with van der Waals surface area (Å²) in [5.41, 5.74) is 0.299. The molecule has 3 nitrogen and oxygen atoms in total. The van der Waals surface area contributed by atoms with Crippen LogP contribution in [0.1, 0.15) is 59.3 Å². The van der Waals surface area contributed by atoms with Gasteiger partial charge < -0.3 is 10.6 Å². The van der Waals surface area contributed by atoms with Crippen LogP contribution >= 0.6 is 0 Å². The van der Waals surface area contributed by atoms with Crippen molar-refractivity contribution in [2.75, 3.05) is 6.54 Å². The van der Waals surface area contributed by atoms with Crippen LogP contribution in [-0.2, 0) is 4.79 Å². The molecule has 0 saturated heterocycles. The average Bonchev–Trinajstić information content (AvgIpc) is 2.34. The monoisotopic (exact) mass is 278 g/mol. The highest BCUT2D eigenvalue weighted by atomic mass is 16.2. The van der Waals surface area contributed by atoms with Crippen LogP contribution in [-0.4, -0.2) is 24.0 Å². The number of hydrogen-bond acceptors (Lipinski definition) is 2. The smallest absolute Gasteiger partial charge is 0.234 e. The van der Waals surface area contributed by atoms with Gasteiger partial charge in [-0.2, -0.15) is 0 Å². The van der Waals surface area contributed by atoms with Gasteiger partial charge in [0.25, 0.3) is 0 Å². The summed E-state index contributed by atoms with van der Waals surface area (Å²) in [5, 5.41) is 6.77. The zero-order valence-electron chi connectivity index (χ0n) is 13.2. The average molecular weight is 278 g/mol. The molecule has 20 heavy (non-hydrogen) atoms. The molecule has 4 bridgehead atoms. The first-order chi connectivity index (χ1) is 9.46. The third kappa shape index (κ3) is 2.88. The van der Waals surface area contributed by atoms with Crippen LogP contribution < -0.4 is 10.6 Å². The highest BCUT2D eigenvalue weighted by Crippen LogP contribution is 2.55. The Bertz CT molecular complexity index is 342. The van der Waals surface area contributed by atoms with Gasteiger partial charge >= 0.3 is 0 Å². The van der Waals surface area contributed by atoms with E-state index in [0.29, 0.717) is 18.0 Å². The van der Waals surface area contributed by atoms with Gasteiger partial charge in [0.15, 0.2) is 0 Å². The van der Waals surface area contributed by atoms with Gasteiger partial charge in [-0.3, -0.25) is 4.79 Å². The van der Waals surface area contributed by atoms with Crippen LogP contribution in [0.25, 0.3) is 0 Å². The van der Waals surface area contributed by atoms with Crippen molar-refractivity contribution in [3.8, 4) is 0 Å². The lowest BCUT2D eigenvalue weighted by Gasteiger charge is -2.57. The molecular weight excluding hydrogens is 248 g/mol. The second-order valence-electron chi connectivity index (χ2n) is 8.15. The molecule has 0 aliphatic heterocycles. The SMILES string of the molecule is CC(C)C(C)NC(=O)CNC12CC3CC(CC(C3)C1)C2. The first kappa shape index (κ1) is 14.4. The molecule has 0 aromatic carbocycles. The van der Waals surface area contributed by atoms with E-state index in [1.54, 1.807) is 0 Å². The number of hydrogen-bond donors (Lipinski definition) is 2. The predicted octanol–water partition coefficient (Wildman–Crippen LogP) is 2.71. The normalized spacial score (nSPS) is 40.1. The van der Waals surface area contributed by atoms with Crippen LogP contribution in [0.5, 0.6) is 0 Å². The van der Waals surface area contributed by atoms with Crippen LogP contribution in [0.4, 0.5) is 0 Å². The fourth-order valence-electron chi connectivity index (χ4n) is 5.07. The minimum absolute atomic E-state index is 0.168. The quantitative estimate of drug-likeness (QED) is 0.812. The van der Waals surface area contributed by atoms with Gasteiger partial charge in [0.1, 0.15) is 0 Å². The molecule has 1 unspecified atom stereocenters. The molecule has 2 N–H and O–H groups in total. The van der Waals surface area contributed by atoms with Gasteiger partial charge in [0, 0.05) is 11.6 Å². The van der Waals surface area contributed by atoms with Gasteiger partial charge in [0.05, 0.1) is 6.54 Å². The number of carbonyl (C=O) groups is 1. The van der Waals surface area contributed by atoms with Crippen molar-refractivity contribution in [3.63, 3.8) is 0 Å². The van der Waals surface area contributed by atoms with E-state index in [1.165, 1.54) is 38.5 Å². The van der Waals surface area contributed by atoms with Gasteiger partial charge in [-0.15, -0.1) is 0 Å². The molecule has 4 fully saturated rings.